The molecule has 0 spiro atoms. The molecule has 2 N–H and O–H groups in total. The molecule has 1 aromatic heterocycles. The molecule has 296 valence electrons. The summed E-state index contributed by atoms with van der Waals surface area (Å²) in [6, 6.07) is 3.46. The van der Waals surface area contributed by atoms with Crippen LogP contribution >= 0.6 is 11.3 Å². The van der Waals surface area contributed by atoms with E-state index in [9.17, 15) is 37.5 Å². The minimum absolute atomic E-state index is 0.0156. The van der Waals surface area contributed by atoms with Crippen molar-refractivity contribution in [3.63, 3.8) is 0 Å². The van der Waals surface area contributed by atoms with Gasteiger partial charge in [-0.2, -0.15) is 4.39 Å². The molecule has 1 unspecified atom stereocenters. The molecule has 0 aliphatic carbocycles. The van der Waals surface area contributed by atoms with Gasteiger partial charge in [-0.3, -0.25) is 39.0 Å². The average molecular weight is 798 g/mol. The van der Waals surface area contributed by atoms with E-state index in [2.05, 4.69) is 15.6 Å². The van der Waals surface area contributed by atoms with Crippen LogP contribution in [0, 0.1) is 17.5 Å². The molecule has 19 heteroatoms. The van der Waals surface area contributed by atoms with Gasteiger partial charge in [-0.25, -0.2) is 13.8 Å². The number of carbonyl (C=O) groups is 6. The maximum Gasteiger partial charge on any atom is 0.262 e. The van der Waals surface area contributed by atoms with Crippen molar-refractivity contribution in [3.8, 4) is 17.0 Å². The Morgan fingerprint density at radius 1 is 0.911 bits per heavy atom. The van der Waals surface area contributed by atoms with E-state index in [-0.39, 0.29) is 80.3 Å². The van der Waals surface area contributed by atoms with Gasteiger partial charge in [-0.15, -0.1) is 11.3 Å². The monoisotopic (exact) mass is 797 g/mol. The molecule has 4 aliphatic heterocycles. The van der Waals surface area contributed by atoms with Crippen LogP contribution in [0.3, 0.4) is 0 Å². The van der Waals surface area contributed by atoms with Crippen molar-refractivity contribution in [1.82, 2.24) is 25.4 Å². The summed E-state index contributed by atoms with van der Waals surface area (Å²) in [6.07, 6.45) is 1.07. The van der Waals surface area contributed by atoms with Crippen LogP contribution in [0.4, 0.5) is 24.0 Å². The summed E-state index contributed by atoms with van der Waals surface area (Å²) in [7, 11) is 0. The summed E-state index contributed by atoms with van der Waals surface area (Å²) in [5, 5.41) is 7.22. The number of hydrogen-bond donors (Lipinski definition) is 2. The Kier molecular flexibility index (Phi) is 11.5. The fourth-order valence-corrected chi connectivity index (χ4v) is 7.94. The van der Waals surface area contributed by atoms with Gasteiger partial charge in [0.1, 0.15) is 11.9 Å². The summed E-state index contributed by atoms with van der Waals surface area (Å²) in [6.45, 7) is 3.20. The minimum Gasteiger partial charge on any atom is -0.480 e. The maximum absolute atomic E-state index is 15.3. The van der Waals surface area contributed by atoms with E-state index in [0.717, 1.165) is 17.0 Å². The van der Waals surface area contributed by atoms with Gasteiger partial charge in [0.25, 0.3) is 17.7 Å². The Hall–Kier alpha value is -5.56. The van der Waals surface area contributed by atoms with Crippen LogP contribution < -0.4 is 25.2 Å². The normalized spacial score (nSPS) is 18.7. The number of imide groups is 2. The second-order valence-electron chi connectivity index (χ2n) is 13.6. The van der Waals surface area contributed by atoms with Crippen LogP contribution in [0.25, 0.3) is 11.3 Å². The molecule has 3 fully saturated rings. The van der Waals surface area contributed by atoms with Crippen molar-refractivity contribution < 1.29 is 51.4 Å². The molecule has 56 heavy (non-hydrogen) atoms. The molecule has 7 rings (SSSR count). The largest absolute Gasteiger partial charge is 0.480 e. The molecule has 4 aliphatic rings. The summed E-state index contributed by atoms with van der Waals surface area (Å²) < 4.78 is 55.1. The third-order valence-electron chi connectivity index (χ3n) is 10.1. The number of piperazine rings is 1. The summed E-state index contributed by atoms with van der Waals surface area (Å²) in [4.78, 5) is 86.3. The van der Waals surface area contributed by atoms with Gasteiger partial charge in [0.15, 0.2) is 23.3 Å². The van der Waals surface area contributed by atoms with Gasteiger partial charge in [0, 0.05) is 69.6 Å². The molecule has 1 atom stereocenters. The van der Waals surface area contributed by atoms with Gasteiger partial charge in [0.05, 0.1) is 35.7 Å². The first-order chi connectivity index (χ1) is 27.0. The lowest BCUT2D eigenvalue weighted by Crippen LogP contribution is -2.54. The number of nitrogens with one attached hydrogen (secondary N) is 2. The quantitative estimate of drug-likeness (QED) is 0.204. The minimum atomic E-state index is -1.22. The zero-order valence-corrected chi connectivity index (χ0v) is 30.9. The van der Waals surface area contributed by atoms with Gasteiger partial charge < -0.3 is 29.5 Å². The Morgan fingerprint density at radius 3 is 2.38 bits per heavy atom. The van der Waals surface area contributed by atoms with E-state index < -0.39 is 65.4 Å². The van der Waals surface area contributed by atoms with Crippen LogP contribution in [0.2, 0.25) is 0 Å². The lowest BCUT2D eigenvalue weighted by molar-refractivity contribution is -0.136. The van der Waals surface area contributed by atoms with Crippen molar-refractivity contribution in [2.75, 3.05) is 75.4 Å². The predicted octanol–water partition coefficient (Wildman–Crippen LogP) is 2.48. The smallest absolute Gasteiger partial charge is 0.262 e. The molecule has 2 aromatic carbocycles. The number of ether oxygens (including phenoxy) is 2. The Labute approximate surface area is 322 Å². The second-order valence-corrected chi connectivity index (χ2v) is 14.4. The molecule has 3 aromatic rings. The Bertz CT molecular complexity index is 2070. The Balaban J connectivity index is 0.844. The van der Waals surface area contributed by atoms with Crippen LogP contribution in [0.1, 0.15) is 52.8 Å². The van der Waals surface area contributed by atoms with E-state index >= 15 is 4.39 Å². The number of morpholine rings is 1. The number of piperidine rings is 1. The highest BCUT2D eigenvalue weighted by Gasteiger charge is 2.45. The summed E-state index contributed by atoms with van der Waals surface area (Å²) >= 11 is 1.36. The topological polar surface area (TPSA) is 171 Å². The van der Waals surface area contributed by atoms with Crippen molar-refractivity contribution in [3.05, 3.63) is 58.2 Å². The first kappa shape index (κ1) is 38.7. The van der Waals surface area contributed by atoms with Crippen LogP contribution in [-0.4, -0.2) is 122 Å². The summed E-state index contributed by atoms with van der Waals surface area (Å²) in [5.74, 6) is -6.95. The predicted molar refractivity (Wildman–Crippen MR) is 195 cm³/mol. The van der Waals surface area contributed by atoms with Crippen molar-refractivity contribution >= 4 is 57.6 Å². The fraction of sp³-hybridized carbons (Fsp3) is 0.432. The molecule has 5 heterocycles. The highest BCUT2D eigenvalue weighted by molar-refractivity contribution is 7.14. The van der Waals surface area contributed by atoms with Crippen molar-refractivity contribution in [2.45, 2.75) is 38.1 Å². The van der Waals surface area contributed by atoms with Crippen molar-refractivity contribution in [2.24, 2.45) is 0 Å². The van der Waals surface area contributed by atoms with Gasteiger partial charge in [-0.05, 0) is 43.5 Å². The number of thiazole rings is 1. The highest BCUT2D eigenvalue weighted by Crippen LogP contribution is 2.37. The number of rotatable bonds is 12. The second kappa shape index (κ2) is 16.7. The number of fused-ring (bicyclic) bond motifs is 1. The summed E-state index contributed by atoms with van der Waals surface area (Å²) in [5.41, 5.74) is 0.515. The number of carbonyl (C=O) groups excluding carboxylic acids is 6. The first-order valence-electron chi connectivity index (χ1n) is 18.2. The van der Waals surface area contributed by atoms with E-state index in [0.29, 0.717) is 50.0 Å². The number of benzene rings is 2. The van der Waals surface area contributed by atoms with Crippen LogP contribution in [0.15, 0.2) is 29.6 Å². The van der Waals surface area contributed by atoms with Crippen LogP contribution in [0.5, 0.6) is 5.75 Å². The molecule has 0 radical (unpaired) electrons. The Morgan fingerprint density at radius 2 is 1.64 bits per heavy atom. The molecule has 3 saturated heterocycles. The number of amides is 6. The van der Waals surface area contributed by atoms with E-state index in [1.54, 1.807) is 15.2 Å². The molecular weight excluding hydrogens is 760 g/mol. The SMILES string of the molecule is O=C(COc1c(-c2csc(N3CCOCC3)n2)ccc(F)c1F)NCCCCC(=O)N1CCN(c2cc3c(cc2F)C(=O)N(C2CCC(=O)NC2=O)C3=O)CC1. The zero-order valence-electron chi connectivity index (χ0n) is 30.1. The molecule has 6 amide bonds. The lowest BCUT2D eigenvalue weighted by Gasteiger charge is -2.36. The number of anilines is 2. The zero-order chi connectivity index (χ0) is 39.5. The van der Waals surface area contributed by atoms with E-state index in [1.165, 1.54) is 23.5 Å². The van der Waals surface area contributed by atoms with Gasteiger partial charge in [-0.1, -0.05) is 0 Å². The first-order valence-corrected chi connectivity index (χ1v) is 19.1. The van der Waals surface area contributed by atoms with Crippen LogP contribution in [-0.2, 0) is 23.9 Å². The third-order valence-corrected chi connectivity index (χ3v) is 11.0. The average Bonchev–Trinajstić information content (AvgIpc) is 3.78. The molecule has 0 saturated carbocycles. The lowest BCUT2D eigenvalue weighted by atomic mass is 10.0. The fourth-order valence-electron chi connectivity index (χ4n) is 7.06. The van der Waals surface area contributed by atoms with Gasteiger partial charge in [0.2, 0.25) is 23.5 Å². The van der Waals surface area contributed by atoms with E-state index in [4.69, 9.17) is 9.47 Å². The van der Waals surface area contributed by atoms with Crippen molar-refractivity contribution in [1.29, 1.82) is 0 Å². The van der Waals surface area contributed by atoms with Gasteiger partial charge >= 0.3 is 0 Å². The standard InChI is InChI=1S/C37H38F3N7O8S/c38-24-5-4-21(26-20-56-37(42-26)46-13-15-54-16-14-46)33(32(24)40)55-19-30(49)41-8-2-1-3-31(50)45-11-9-44(10-12-45)28-18-23-22(17-25(28)39)35(52)47(36(23)53)27-6-7-29(48)43-34(27)51/h4-5,17-18,20,27H,1-3,6-16,19H2,(H,41,49)(H,43,48,51). The van der Waals surface area contributed by atoms with E-state index in [1.807, 2.05) is 4.90 Å². The number of unbranched alkanes of at least 4 members (excludes halogenated alkanes) is 1. The molecular formula is C37H38F3N7O8S. The number of halogens is 3. The highest BCUT2D eigenvalue weighted by atomic mass is 32.1. The third kappa shape index (κ3) is 8.04. The molecule has 15 nitrogen and oxygen atoms in total. The number of nitrogens with zero attached hydrogens (tertiary/aromatic N) is 5. The number of aromatic nitrogens is 1. The maximum atomic E-state index is 15.3. The number of hydrogen-bond acceptors (Lipinski definition) is 12. The molecule has 0 bridgehead atoms.